The van der Waals surface area contributed by atoms with E-state index in [0.29, 0.717) is 30.4 Å². The minimum Gasteiger partial charge on any atom is -0.352 e. The maximum absolute atomic E-state index is 12.3. The molecule has 0 N–H and O–H groups in total. The van der Waals surface area contributed by atoms with Gasteiger partial charge in [0, 0.05) is 11.5 Å². The molecule has 1 saturated carbocycles. The van der Waals surface area contributed by atoms with Gasteiger partial charge >= 0.3 is 0 Å². The predicted molar refractivity (Wildman–Crippen MR) is 61.9 cm³/mol. The minimum absolute atomic E-state index is 0.145. The van der Waals surface area contributed by atoms with Gasteiger partial charge in [-0.2, -0.15) is 0 Å². The summed E-state index contributed by atoms with van der Waals surface area (Å²) >= 11 is 0. The second kappa shape index (κ2) is 3.10. The van der Waals surface area contributed by atoms with Gasteiger partial charge in [0.1, 0.15) is 0 Å². The molecule has 0 radical (unpaired) electrons. The van der Waals surface area contributed by atoms with Crippen LogP contribution in [0.4, 0.5) is 0 Å². The Bertz CT molecular complexity index is 472. The van der Waals surface area contributed by atoms with Crippen LogP contribution < -0.4 is 0 Å². The van der Waals surface area contributed by atoms with E-state index in [4.69, 9.17) is 4.74 Å². The molecule has 3 aliphatic rings. The number of piperidine rings is 1. The molecule has 1 aromatic carbocycles. The van der Waals surface area contributed by atoms with E-state index < -0.39 is 0 Å². The fourth-order valence-electron chi connectivity index (χ4n) is 3.62. The Kier molecular flexibility index (Phi) is 1.76. The lowest BCUT2D eigenvalue weighted by Crippen LogP contribution is -2.35. The molecule has 0 aromatic heterocycles. The van der Waals surface area contributed by atoms with Gasteiger partial charge in [-0.05, 0) is 11.8 Å². The zero-order valence-corrected chi connectivity index (χ0v) is 9.74. The summed E-state index contributed by atoms with van der Waals surface area (Å²) in [5.74, 6) is 1.71. The monoisotopic (exact) mass is 229 g/mol. The third-order valence-corrected chi connectivity index (χ3v) is 4.55. The molecule has 2 heterocycles. The summed E-state index contributed by atoms with van der Waals surface area (Å²) in [6.07, 6.45) is -0.145. The topological polar surface area (TPSA) is 29.5 Å². The van der Waals surface area contributed by atoms with E-state index in [2.05, 4.69) is 6.92 Å². The Morgan fingerprint density at radius 1 is 1.29 bits per heavy atom. The van der Waals surface area contributed by atoms with E-state index in [0.717, 1.165) is 5.56 Å². The molecular formula is C14H15NO2. The highest BCUT2D eigenvalue weighted by Crippen LogP contribution is 2.59. The summed E-state index contributed by atoms with van der Waals surface area (Å²) < 4.78 is 5.83. The Morgan fingerprint density at radius 3 is 2.82 bits per heavy atom. The first-order valence-electron chi connectivity index (χ1n) is 6.28. The van der Waals surface area contributed by atoms with Crippen LogP contribution in [0.5, 0.6) is 0 Å². The molecule has 2 aliphatic heterocycles. The van der Waals surface area contributed by atoms with Gasteiger partial charge < -0.3 is 9.64 Å². The second-order valence-corrected chi connectivity index (χ2v) is 5.37. The Balaban J connectivity index is 1.67. The number of benzene rings is 1. The van der Waals surface area contributed by atoms with Gasteiger partial charge in [0.2, 0.25) is 5.91 Å². The van der Waals surface area contributed by atoms with Crippen LogP contribution in [-0.2, 0) is 9.53 Å². The number of nitrogens with zero attached hydrogens (tertiary/aromatic N) is 1. The van der Waals surface area contributed by atoms with Crippen LogP contribution in [0.25, 0.3) is 0 Å². The number of hydrogen-bond donors (Lipinski definition) is 0. The van der Waals surface area contributed by atoms with Crippen molar-refractivity contribution in [2.24, 2.45) is 17.8 Å². The Morgan fingerprint density at radius 2 is 2.06 bits per heavy atom. The van der Waals surface area contributed by atoms with Crippen molar-refractivity contribution in [3.05, 3.63) is 35.9 Å². The van der Waals surface area contributed by atoms with Crippen LogP contribution in [0.3, 0.4) is 0 Å². The standard InChI is InChI=1S/C14H15NO2/c1-8-11-10-7-17-14(9-5-3-2-4-6-9)15(10)13(16)12(8)11/h2-6,8,10-12,14H,7H2,1H3/t8-,10+,11+,12+,14+/m0/s1. The predicted octanol–water partition coefficient (Wildman–Crippen LogP) is 1.81. The fourth-order valence-corrected chi connectivity index (χ4v) is 3.62. The van der Waals surface area contributed by atoms with Crippen molar-refractivity contribution in [2.45, 2.75) is 19.2 Å². The van der Waals surface area contributed by atoms with E-state index in [1.807, 2.05) is 35.2 Å². The average molecular weight is 229 g/mol. The highest BCUT2D eigenvalue weighted by atomic mass is 16.5. The largest absolute Gasteiger partial charge is 0.352 e. The van der Waals surface area contributed by atoms with Crippen molar-refractivity contribution >= 4 is 5.91 Å². The maximum Gasteiger partial charge on any atom is 0.228 e. The van der Waals surface area contributed by atoms with Crippen LogP contribution in [0, 0.1) is 17.8 Å². The fraction of sp³-hybridized carbons (Fsp3) is 0.500. The average Bonchev–Trinajstić information content (AvgIpc) is 2.75. The van der Waals surface area contributed by atoms with Gasteiger partial charge in [-0.15, -0.1) is 0 Å². The molecule has 1 amide bonds. The molecule has 3 heteroatoms. The van der Waals surface area contributed by atoms with Gasteiger partial charge in [-0.25, -0.2) is 0 Å². The second-order valence-electron chi connectivity index (χ2n) is 5.37. The highest BCUT2D eigenvalue weighted by molar-refractivity contribution is 5.86. The third-order valence-electron chi connectivity index (χ3n) is 4.55. The summed E-state index contributed by atoms with van der Waals surface area (Å²) in [6.45, 7) is 2.89. The highest BCUT2D eigenvalue weighted by Gasteiger charge is 2.67. The summed E-state index contributed by atoms with van der Waals surface area (Å²) in [7, 11) is 0. The van der Waals surface area contributed by atoms with E-state index >= 15 is 0 Å². The molecule has 17 heavy (non-hydrogen) atoms. The first-order chi connectivity index (χ1) is 8.29. The third kappa shape index (κ3) is 1.12. The molecule has 1 aromatic rings. The lowest BCUT2D eigenvalue weighted by molar-refractivity contribution is -0.137. The van der Waals surface area contributed by atoms with E-state index in [-0.39, 0.29) is 12.1 Å². The Hall–Kier alpha value is -1.35. The summed E-state index contributed by atoms with van der Waals surface area (Å²) in [5, 5.41) is 0. The zero-order chi connectivity index (χ0) is 11.6. The Labute approximate surface area is 100 Å². The molecule has 1 aliphatic carbocycles. The van der Waals surface area contributed by atoms with Crippen molar-refractivity contribution in [2.75, 3.05) is 6.61 Å². The van der Waals surface area contributed by atoms with E-state index in [9.17, 15) is 4.79 Å². The first kappa shape index (κ1) is 9.66. The quantitative estimate of drug-likeness (QED) is 0.735. The molecule has 4 rings (SSSR count). The van der Waals surface area contributed by atoms with Crippen molar-refractivity contribution in [1.29, 1.82) is 0 Å². The smallest absolute Gasteiger partial charge is 0.228 e. The SMILES string of the molecule is C[C@@H]1[C@H]2C(=O)N3[C@@H](c4ccccc4)OC[C@@H]3[C@@H]12. The van der Waals surface area contributed by atoms with Crippen molar-refractivity contribution in [1.82, 2.24) is 4.90 Å². The van der Waals surface area contributed by atoms with Crippen LogP contribution in [-0.4, -0.2) is 23.5 Å². The summed E-state index contributed by atoms with van der Waals surface area (Å²) in [4.78, 5) is 14.2. The van der Waals surface area contributed by atoms with Crippen LogP contribution >= 0.6 is 0 Å². The number of hydrogen-bond acceptors (Lipinski definition) is 2. The van der Waals surface area contributed by atoms with Crippen molar-refractivity contribution in [3.63, 3.8) is 0 Å². The normalized spacial score (nSPS) is 42.5. The molecule has 3 nitrogen and oxygen atoms in total. The molecular weight excluding hydrogens is 214 g/mol. The molecule has 0 spiro atoms. The molecule has 3 fully saturated rings. The summed E-state index contributed by atoms with van der Waals surface area (Å²) in [6, 6.07) is 10.4. The van der Waals surface area contributed by atoms with Crippen LogP contribution in [0.15, 0.2) is 30.3 Å². The number of carbonyl (C=O) groups is 1. The number of fused-ring (bicyclic) bond motifs is 3. The molecule has 0 unspecified atom stereocenters. The van der Waals surface area contributed by atoms with Crippen molar-refractivity contribution in [3.8, 4) is 0 Å². The van der Waals surface area contributed by atoms with Gasteiger partial charge in [-0.3, -0.25) is 4.79 Å². The molecule has 88 valence electrons. The van der Waals surface area contributed by atoms with Gasteiger partial charge in [0.15, 0.2) is 6.23 Å². The maximum atomic E-state index is 12.3. The number of ether oxygens (including phenoxy) is 1. The molecule has 2 saturated heterocycles. The number of amides is 1. The van der Waals surface area contributed by atoms with E-state index in [1.165, 1.54) is 0 Å². The minimum atomic E-state index is -0.145. The van der Waals surface area contributed by atoms with Crippen LogP contribution in [0.2, 0.25) is 0 Å². The number of carbonyl (C=O) groups excluding carboxylic acids is 1. The number of rotatable bonds is 1. The van der Waals surface area contributed by atoms with Crippen LogP contribution in [0.1, 0.15) is 18.7 Å². The lowest BCUT2D eigenvalue weighted by Gasteiger charge is -2.25. The van der Waals surface area contributed by atoms with E-state index in [1.54, 1.807) is 0 Å². The first-order valence-corrected chi connectivity index (χ1v) is 6.28. The summed E-state index contributed by atoms with van der Waals surface area (Å²) in [5.41, 5.74) is 1.09. The zero-order valence-electron chi connectivity index (χ0n) is 9.74. The molecule has 5 atom stereocenters. The lowest BCUT2D eigenvalue weighted by atomic mass is 10.1. The molecule has 0 bridgehead atoms. The van der Waals surface area contributed by atoms with Gasteiger partial charge in [-0.1, -0.05) is 37.3 Å². The van der Waals surface area contributed by atoms with Gasteiger partial charge in [0.05, 0.1) is 12.6 Å². The van der Waals surface area contributed by atoms with Gasteiger partial charge in [0.25, 0.3) is 0 Å². The van der Waals surface area contributed by atoms with Crippen molar-refractivity contribution < 1.29 is 9.53 Å².